The number of rotatable bonds is 3. The summed E-state index contributed by atoms with van der Waals surface area (Å²) in [6.07, 6.45) is 0. The van der Waals surface area contributed by atoms with Crippen molar-refractivity contribution in [2.75, 3.05) is 13.7 Å². The molecule has 0 atom stereocenters. The van der Waals surface area contributed by atoms with Gasteiger partial charge in [0.2, 0.25) is 5.90 Å². The van der Waals surface area contributed by atoms with Crippen LogP contribution in [0.1, 0.15) is 19.4 Å². The Morgan fingerprint density at radius 1 is 1.09 bits per heavy atom. The first kappa shape index (κ1) is 14.4. The molecule has 0 aromatic heterocycles. The van der Waals surface area contributed by atoms with E-state index >= 15 is 0 Å². The molecule has 2 aromatic rings. The summed E-state index contributed by atoms with van der Waals surface area (Å²) in [5.74, 6) is 1.49. The van der Waals surface area contributed by atoms with Gasteiger partial charge in [0.1, 0.15) is 18.1 Å². The Balaban J connectivity index is 1.99. The van der Waals surface area contributed by atoms with Crippen LogP contribution in [0, 0.1) is 0 Å². The molecule has 0 unspecified atom stereocenters. The van der Waals surface area contributed by atoms with E-state index in [4.69, 9.17) is 9.47 Å². The molecule has 0 amide bonds. The average Bonchev–Trinajstić information content (AvgIpc) is 2.88. The van der Waals surface area contributed by atoms with E-state index in [2.05, 4.69) is 4.99 Å². The number of methoxy groups -OCH3 is 1. The Bertz CT molecular complexity index is 718. The van der Waals surface area contributed by atoms with Gasteiger partial charge in [-0.05, 0) is 49.2 Å². The molecule has 114 valence electrons. The summed E-state index contributed by atoms with van der Waals surface area (Å²) < 4.78 is 10.8. The number of phenols is 1. The lowest BCUT2D eigenvalue weighted by Gasteiger charge is -2.08. The topological polar surface area (TPSA) is 51.0 Å². The highest BCUT2D eigenvalue weighted by atomic mass is 16.5. The summed E-state index contributed by atoms with van der Waals surface area (Å²) in [6.45, 7) is 4.53. The van der Waals surface area contributed by atoms with Gasteiger partial charge in [0.15, 0.2) is 0 Å². The summed E-state index contributed by atoms with van der Waals surface area (Å²) in [6, 6.07) is 13.2. The third-order valence-electron chi connectivity index (χ3n) is 3.62. The quantitative estimate of drug-likeness (QED) is 0.941. The Kier molecular flexibility index (Phi) is 3.53. The van der Waals surface area contributed by atoms with Crippen LogP contribution in [0.3, 0.4) is 0 Å². The van der Waals surface area contributed by atoms with Gasteiger partial charge < -0.3 is 14.6 Å². The normalized spacial score (nSPS) is 16.0. The molecule has 22 heavy (non-hydrogen) atoms. The first-order chi connectivity index (χ1) is 10.5. The monoisotopic (exact) mass is 297 g/mol. The second kappa shape index (κ2) is 5.37. The zero-order chi connectivity index (χ0) is 15.7. The van der Waals surface area contributed by atoms with E-state index in [-0.39, 0.29) is 11.3 Å². The Morgan fingerprint density at radius 3 is 2.36 bits per heavy atom. The molecule has 0 bridgehead atoms. The zero-order valence-corrected chi connectivity index (χ0v) is 13.0. The summed E-state index contributed by atoms with van der Waals surface area (Å²) in [7, 11) is 1.64. The van der Waals surface area contributed by atoms with Crippen molar-refractivity contribution in [1.29, 1.82) is 0 Å². The summed E-state index contributed by atoms with van der Waals surface area (Å²) in [4.78, 5) is 4.53. The third-order valence-corrected chi connectivity index (χ3v) is 3.62. The minimum Gasteiger partial charge on any atom is -0.507 e. The van der Waals surface area contributed by atoms with Crippen molar-refractivity contribution in [3.63, 3.8) is 0 Å². The molecule has 1 heterocycles. The van der Waals surface area contributed by atoms with E-state index < -0.39 is 0 Å². The molecule has 1 aliphatic rings. The number of hydrogen-bond acceptors (Lipinski definition) is 4. The molecule has 0 aliphatic carbocycles. The van der Waals surface area contributed by atoms with Crippen molar-refractivity contribution in [2.24, 2.45) is 4.99 Å². The Hall–Kier alpha value is -2.49. The lowest BCUT2D eigenvalue weighted by molar-refractivity contribution is 0.279. The molecular weight excluding hydrogens is 278 g/mol. The second-order valence-electron chi connectivity index (χ2n) is 5.98. The zero-order valence-electron chi connectivity index (χ0n) is 13.0. The van der Waals surface area contributed by atoms with Gasteiger partial charge in [0.25, 0.3) is 0 Å². The molecule has 2 aromatic carbocycles. The van der Waals surface area contributed by atoms with Crippen LogP contribution in [0.5, 0.6) is 11.5 Å². The molecule has 4 nitrogen and oxygen atoms in total. The van der Waals surface area contributed by atoms with Crippen LogP contribution in [0.15, 0.2) is 47.5 Å². The van der Waals surface area contributed by atoms with Gasteiger partial charge in [-0.2, -0.15) is 0 Å². The van der Waals surface area contributed by atoms with Crippen LogP contribution in [-0.4, -0.2) is 30.3 Å². The molecule has 1 aliphatic heterocycles. The standard InChI is InChI=1S/C18H19NO3/c1-18(2)11-22-17(19-18)15-10-13(6-9-16(15)20)12-4-7-14(21-3)8-5-12/h4-10,20H,11H2,1-3H3. The highest BCUT2D eigenvalue weighted by Gasteiger charge is 2.28. The fourth-order valence-corrected chi connectivity index (χ4v) is 2.39. The average molecular weight is 297 g/mol. The largest absolute Gasteiger partial charge is 0.507 e. The van der Waals surface area contributed by atoms with Gasteiger partial charge in [-0.1, -0.05) is 18.2 Å². The van der Waals surface area contributed by atoms with Crippen LogP contribution in [0.4, 0.5) is 0 Å². The van der Waals surface area contributed by atoms with Crippen molar-refractivity contribution in [2.45, 2.75) is 19.4 Å². The van der Waals surface area contributed by atoms with E-state index in [0.717, 1.165) is 16.9 Å². The van der Waals surface area contributed by atoms with Crippen LogP contribution in [0.25, 0.3) is 11.1 Å². The molecular formula is C18H19NO3. The van der Waals surface area contributed by atoms with E-state index in [9.17, 15) is 5.11 Å². The third kappa shape index (κ3) is 2.77. The summed E-state index contributed by atoms with van der Waals surface area (Å²) in [5.41, 5.74) is 2.41. The van der Waals surface area contributed by atoms with Crippen LogP contribution in [0.2, 0.25) is 0 Å². The molecule has 0 radical (unpaired) electrons. The number of hydrogen-bond donors (Lipinski definition) is 1. The number of aliphatic imine (C=N–C) groups is 1. The van der Waals surface area contributed by atoms with Gasteiger partial charge >= 0.3 is 0 Å². The SMILES string of the molecule is COc1ccc(-c2ccc(O)c(C3=NC(C)(C)CO3)c2)cc1. The first-order valence-corrected chi connectivity index (χ1v) is 7.19. The molecule has 0 spiro atoms. The number of aromatic hydroxyl groups is 1. The minimum absolute atomic E-state index is 0.175. The number of phenolic OH excluding ortho intramolecular Hbond substituents is 1. The maximum Gasteiger partial charge on any atom is 0.220 e. The van der Waals surface area contributed by atoms with E-state index in [1.807, 2.05) is 50.2 Å². The van der Waals surface area contributed by atoms with Gasteiger partial charge in [-0.15, -0.1) is 0 Å². The number of benzene rings is 2. The van der Waals surface area contributed by atoms with Crippen LogP contribution >= 0.6 is 0 Å². The summed E-state index contributed by atoms with van der Waals surface area (Å²) >= 11 is 0. The highest BCUT2D eigenvalue weighted by Crippen LogP contribution is 2.30. The summed E-state index contributed by atoms with van der Waals surface area (Å²) in [5, 5.41) is 10.1. The van der Waals surface area contributed by atoms with Gasteiger partial charge in [-0.25, -0.2) is 4.99 Å². The van der Waals surface area contributed by atoms with Crippen LogP contribution in [-0.2, 0) is 4.74 Å². The van der Waals surface area contributed by atoms with Gasteiger partial charge in [-0.3, -0.25) is 0 Å². The van der Waals surface area contributed by atoms with Gasteiger partial charge in [0, 0.05) is 0 Å². The molecule has 0 saturated carbocycles. The number of nitrogens with zero attached hydrogens (tertiary/aromatic N) is 1. The van der Waals surface area contributed by atoms with E-state index in [1.54, 1.807) is 13.2 Å². The molecule has 3 rings (SSSR count). The lowest BCUT2D eigenvalue weighted by Crippen LogP contribution is -2.17. The second-order valence-corrected chi connectivity index (χ2v) is 5.98. The first-order valence-electron chi connectivity index (χ1n) is 7.19. The van der Waals surface area contributed by atoms with Gasteiger partial charge in [0.05, 0.1) is 18.2 Å². The minimum atomic E-state index is -0.252. The fraction of sp³-hybridized carbons (Fsp3) is 0.278. The Labute approximate surface area is 130 Å². The van der Waals surface area contributed by atoms with E-state index in [0.29, 0.717) is 18.1 Å². The number of ether oxygens (including phenoxy) is 2. The maximum absolute atomic E-state index is 10.1. The fourth-order valence-electron chi connectivity index (χ4n) is 2.39. The van der Waals surface area contributed by atoms with Crippen molar-refractivity contribution < 1.29 is 14.6 Å². The van der Waals surface area contributed by atoms with Crippen LogP contribution < -0.4 is 4.74 Å². The maximum atomic E-state index is 10.1. The lowest BCUT2D eigenvalue weighted by atomic mass is 10.0. The molecule has 1 N–H and O–H groups in total. The molecule has 0 fully saturated rings. The van der Waals surface area contributed by atoms with Crippen molar-refractivity contribution in [3.05, 3.63) is 48.0 Å². The smallest absolute Gasteiger partial charge is 0.220 e. The predicted molar refractivity (Wildman–Crippen MR) is 86.7 cm³/mol. The predicted octanol–water partition coefficient (Wildman–Crippen LogP) is 3.62. The molecule has 4 heteroatoms. The van der Waals surface area contributed by atoms with E-state index in [1.165, 1.54) is 0 Å². The van der Waals surface area contributed by atoms with Crippen molar-refractivity contribution in [3.8, 4) is 22.6 Å². The Morgan fingerprint density at radius 2 is 1.77 bits per heavy atom. The van der Waals surface area contributed by atoms with Crippen molar-refractivity contribution >= 4 is 5.90 Å². The van der Waals surface area contributed by atoms with Crippen molar-refractivity contribution in [1.82, 2.24) is 0 Å². The highest BCUT2D eigenvalue weighted by molar-refractivity contribution is 5.99. The molecule has 0 saturated heterocycles.